The molecular formula is C31H28FN5O2. The van der Waals surface area contributed by atoms with Crippen LogP contribution in [0.2, 0.25) is 0 Å². The second kappa shape index (κ2) is 10.7. The van der Waals surface area contributed by atoms with Crippen LogP contribution in [-0.2, 0) is 4.74 Å². The zero-order chi connectivity index (χ0) is 26.8. The van der Waals surface area contributed by atoms with E-state index in [1.54, 1.807) is 25.6 Å². The molecule has 3 aromatic heterocycles. The fourth-order valence-corrected chi connectivity index (χ4v) is 4.99. The lowest BCUT2D eigenvalue weighted by atomic mass is 10.0. The van der Waals surface area contributed by atoms with Gasteiger partial charge in [0.1, 0.15) is 11.9 Å². The van der Waals surface area contributed by atoms with Gasteiger partial charge in [0.2, 0.25) is 5.88 Å². The van der Waals surface area contributed by atoms with Gasteiger partial charge in [-0.1, -0.05) is 18.2 Å². The second-order valence-electron chi connectivity index (χ2n) is 9.42. The van der Waals surface area contributed by atoms with Crippen molar-refractivity contribution < 1.29 is 13.9 Å². The minimum atomic E-state index is -0.321. The Bertz CT molecular complexity index is 1610. The van der Waals surface area contributed by atoms with Crippen molar-refractivity contribution in [1.29, 1.82) is 0 Å². The van der Waals surface area contributed by atoms with Gasteiger partial charge in [-0.15, -0.1) is 0 Å². The molecule has 0 radical (unpaired) electrons. The molecule has 1 atom stereocenters. The largest absolute Gasteiger partial charge is 0.481 e. The molecule has 0 spiro atoms. The average Bonchev–Trinajstić information content (AvgIpc) is 2.99. The van der Waals surface area contributed by atoms with E-state index in [-0.39, 0.29) is 11.9 Å². The van der Waals surface area contributed by atoms with Crippen LogP contribution in [0.3, 0.4) is 0 Å². The molecule has 5 aromatic rings. The van der Waals surface area contributed by atoms with Gasteiger partial charge in [0.25, 0.3) is 0 Å². The highest BCUT2D eigenvalue weighted by Gasteiger charge is 2.23. The highest BCUT2D eigenvalue weighted by molar-refractivity contribution is 5.98. The Balaban J connectivity index is 1.33. The number of halogens is 1. The monoisotopic (exact) mass is 521 g/mol. The van der Waals surface area contributed by atoms with Crippen molar-refractivity contribution in [3.63, 3.8) is 0 Å². The van der Waals surface area contributed by atoms with Crippen LogP contribution in [0.25, 0.3) is 22.3 Å². The van der Waals surface area contributed by atoms with E-state index in [9.17, 15) is 0 Å². The number of nitrogens with zero attached hydrogens (tertiary/aromatic N) is 4. The normalized spacial score (nSPS) is 15.4. The summed E-state index contributed by atoms with van der Waals surface area (Å²) in [6.45, 7) is 4.00. The Labute approximate surface area is 226 Å². The smallest absolute Gasteiger partial charge is 0.212 e. The Hall–Kier alpha value is -4.56. The molecule has 2 aromatic carbocycles. The molecule has 8 heteroatoms. The SMILES string of the molecule is COc1ccc(C2CN(c3cccc(Nc4c(C)c(-c5ccccn5)nc5cccc(F)c45)c3)CCO2)cn1. The zero-order valence-electron chi connectivity index (χ0n) is 21.8. The van der Waals surface area contributed by atoms with Crippen molar-refractivity contribution in [2.24, 2.45) is 0 Å². The molecule has 1 unspecified atom stereocenters. The van der Waals surface area contributed by atoms with Gasteiger partial charge < -0.3 is 19.7 Å². The van der Waals surface area contributed by atoms with Gasteiger partial charge >= 0.3 is 0 Å². The average molecular weight is 522 g/mol. The van der Waals surface area contributed by atoms with Crippen LogP contribution >= 0.6 is 0 Å². The Morgan fingerprint density at radius 2 is 1.92 bits per heavy atom. The van der Waals surface area contributed by atoms with E-state index in [1.807, 2.05) is 55.5 Å². The lowest BCUT2D eigenvalue weighted by molar-refractivity contribution is 0.0395. The predicted octanol–water partition coefficient (Wildman–Crippen LogP) is 6.47. The third kappa shape index (κ3) is 4.98. The van der Waals surface area contributed by atoms with Crippen molar-refractivity contribution in [3.05, 3.63) is 102 Å². The summed E-state index contributed by atoms with van der Waals surface area (Å²) in [6.07, 6.45) is 3.44. The molecule has 0 aliphatic carbocycles. The molecule has 6 rings (SSSR count). The summed E-state index contributed by atoms with van der Waals surface area (Å²) < 4.78 is 26.4. The molecule has 0 saturated carbocycles. The third-order valence-electron chi connectivity index (χ3n) is 7.00. The van der Waals surface area contributed by atoms with E-state index in [4.69, 9.17) is 14.5 Å². The number of morpholine rings is 1. The van der Waals surface area contributed by atoms with Crippen LogP contribution in [0.4, 0.5) is 21.5 Å². The number of aromatic nitrogens is 3. The van der Waals surface area contributed by atoms with Gasteiger partial charge in [0.15, 0.2) is 0 Å². The minimum absolute atomic E-state index is 0.102. The molecule has 196 valence electrons. The van der Waals surface area contributed by atoms with E-state index < -0.39 is 0 Å². The van der Waals surface area contributed by atoms with Crippen LogP contribution in [0.1, 0.15) is 17.2 Å². The summed E-state index contributed by atoms with van der Waals surface area (Å²) in [5.41, 5.74) is 6.45. The first-order valence-electron chi connectivity index (χ1n) is 12.8. The Morgan fingerprint density at radius 1 is 1.03 bits per heavy atom. The molecule has 4 heterocycles. The molecule has 1 aliphatic heterocycles. The van der Waals surface area contributed by atoms with Gasteiger partial charge in [0.05, 0.1) is 41.7 Å². The maximum atomic E-state index is 15.2. The van der Waals surface area contributed by atoms with E-state index in [1.165, 1.54) is 6.07 Å². The fraction of sp³-hybridized carbons (Fsp3) is 0.194. The number of fused-ring (bicyclic) bond motifs is 1. The first-order chi connectivity index (χ1) is 19.1. The number of methoxy groups -OCH3 is 1. The molecule has 7 nitrogen and oxygen atoms in total. The summed E-state index contributed by atoms with van der Waals surface area (Å²) in [5, 5.41) is 3.97. The van der Waals surface area contributed by atoms with Gasteiger partial charge in [-0.05, 0) is 55.5 Å². The topological polar surface area (TPSA) is 72.4 Å². The molecular weight excluding hydrogens is 493 g/mol. The van der Waals surface area contributed by atoms with E-state index >= 15 is 4.39 Å². The minimum Gasteiger partial charge on any atom is -0.481 e. The molecule has 0 amide bonds. The van der Waals surface area contributed by atoms with Crippen LogP contribution < -0.4 is 15.0 Å². The lowest BCUT2D eigenvalue weighted by Gasteiger charge is -2.35. The zero-order valence-corrected chi connectivity index (χ0v) is 21.8. The quantitative estimate of drug-likeness (QED) is 0.275. The van der Waals surface area contributed by atoms with Gasteiger partial charge in [-0.3, -0.25) is 4.98 Å². The Morgan fingerprint density at radius 3 is 2.72 bits per heavy atom. The first-order valence-corrected chi connectivity index (χ1v) is 12.8. The number of hydrogen-bond acceptors (Lipinski definition) is 7. The second-order valence-corrected chi connectivity index (χ2v) is 9.42. The molecule has 1 fully saturated rings. The van der Waals surface area contributed by atoms with Crippen LogP contribution in [0.15, 0.2) is 85.2 Å². The molecule has 1 N–H and O–H groups in total. The highest BCUT2D eigenvalue weighted by atomic mass is 19.1. The Kier molecular flexibility index (Phi) is 6.77. The van der Waals surface area contributed by atoms with Gasteiger partial charge in [0, 0.05) is 54.1 Å². The van der Waals surface area contributed by atoms with Crippen LogP contribution in [0, 0.1) is 12.7 Å². The maximum Gasteiger partial charge on any atom is 0.212 e. The van der Waals surface area contributed by atoms with Crippen molar-refractivity contribution in [2.45, 2.75) is 13.0 Å². The molecule has 1 aliphatic rings. The summed E-state index contributed by atoms with van der Waals surface area (Å²) in [4.78, 5) is 15.9. The van der Waals surface area contributed by atoms with Crippen LogP contribution in [-0.4, -0.2) is 41.8 Å². The summed E-state index contributed by atoms with van der Waals surface area (Å²) in [6, 6.07) is 22.7. The van der Waals surface area contributed by atoms with Crippen molar-refractivity contribution >= 4 is 28.0 Å². The number of ether oxygens (including phenoxy) is 2. The lowest BCUT2D eigenvalue weighted by Crippen LogP contribution is -2.38. The maximum absolute atomic E-state index is 15.2. The molecule has 0 bridgehead atoms. The number of nitrogens with one attached hydrogen (secondary N) is 1. The predicted molar refractivity (Wildman–Crippen MR) is 151 cm³/mol. The fourth-order valence-electron chi connectivity index (χ4n) is 4.99. The number of anilines is 3. The van der Waals surface area contributed by atoms with E-state index in [0.717, 1.165) is 40.4 Å². The van der Waals surface area contributed by atoms with E-state index in [2.05, 4.69) is 32.3 Å². The van der Waals surface area contributed by atoms with Gasteiger partial charge in [-0.25, -0.2) is 14.4 Å². The number of pyridine rings is 3. The van der Waals surface area contributed by atoms with E-state index in [0.29, 0.717) is 35.6 Å². The van der Waals surface area contributed by atoms with Crippen molar-refractivity contribution in [2.75, 3.05) is 37.0 Å². The third-order valence-corrected chi connectivity index (χ3v) is 7.00. The number of rotatable bonds is 6. The molecule has 1 saturated heterocycles. The summed E-state index contributed by atoms with van der Waals surface area (Å²) in [7, 11) is 1.60. The highest BCUT2D eigenvalue weighted by Crippen LogP contribution is 2.37. The number of hydrogen-bond donors (Lipinski definition) is 1. The number of benzene rings is 2. The standard InChI is InChI=1S/C31H28FN5O2/c1-20-30(26-10-3-4-14-33-26)36-25-11-6-9-24(32)29(25)31(20)35-22-7-5-8-23(17-22)37-15-16-39-27(19-37)21-12-13-28(38-2)34-18-21/h3-14,17-18,27H,15-16,19H2,1-2H3,(H,35,36). The first kappa shape index (κ1) is 24.8. The summed E-state index contributed by atoms with van der Waals surface area (Å²) >= 11 is 0. The summed E-state index contributed by atoms with van der Waals surface area (Å²) in [5.74, 6) is 0.255. The molecule has 39 heavy (non-hydrogen) atoms. The van der Waals surface area contributed by atoms with Gasteiger partial charge in [-0.2, -0.15) is 0 Å². The van der Waals surface area contributed by atoms with Crippen molar-refractivity contribution in [1.82, 2.24) is 15.0 Å². The van der Waals surface area contributed by atoms with Crippen molar-refractivity contribution in [3.8, 4) is 17.3 Å². The van der Waals surface area contributed by atoms with Crippen LogP contribution in [0.5, 0.6) is 5.88 Å².